The van der Waals surface area contributed by atoms with Crippen molar-refractivity contribution in [2.24, 2.45) is 0 Å². The number of nitrogens with zero attached hydrogens (tertiary/aromatic N) is 1. The molecule has 0 amide bonds. The van der Waals surface area contributed by atoms with Crippen LogP contribution < -0.4 is 0 Å². The Hall–Kier alpha value is -0.830. The highest BCUT2D eigenvalue weighted by atomic mass is 16.5. The van der Waals surface area contributed by atoms with E-state index >= 15 is 0 Å². The summed E-state index contributed by atoms with van der Waals surface area (Å²) >= 11 is 0. The topological polar surface area (TPSA) is 35.3 Å². The first-order chi connectivity index (χ1) is 6.10. The van der Waals surface area contributed by atoms with E-state index in [4.69, 9.17) is 9.26 Å². The van der Waals surface area contributed by atoms with E-state index < -0.39 is 0 Å². The fourth-order valence-electron chi connectivity index (χ4n) is 1.23. The van der Waals surface area contributed by atoms with Crippen LogP contribution in [0.1, 0.15) is 32.2 Å². The van der Waals surface area contributed by atoms with Gasteiger partial charge in [-0.2, -0.15) is 0 Å². The van der Waals surface area contributed by atoms with Crippen LogP contribution in [0.2, 0.25) is 0 Å². The zero-order chi connectivity index (χ0) is 9.90. The monoisotopic (exact) mass is 183 g/mol. The first-order valence-electron chi connectivity index (χ1n) is 4.55. The van der Waals surface area contributed by atoms with Gasteiger partial charge in [-0.05, 0) is 6.42 Å². The van der Waals surface area contributed by atoms with Crippen LogP contribution in [0.5, 0.6) is 0 Å². The summed E-state index contributed by atoms with van der Waals surface area (Å²) < 4.78 is 10.4. The molecule has 0 fully saturated rings. The molecule has 0 unspecified atom stereocenters. The summed E-state index contributed by atoms with van der Waals surface area (Å²) in [5.74, 6) is 0.895. The molecule has 1 heterocycles. The van der Waals surface area contributed by atoms with Gasteiger partial charge in [-0.25, -0.2) is 0 Å². The van der Waals surface area contributed by atoms with Gasteiger partial charge in [0, 0.05) is 18.6 Å². The van der Waals surface area contributed by atoms with Gasteiger partial charge in [-0.3, -0.25) is 0 Å². The summed E-state index contributed by atoms with van der Waals surface area (Å²) in [7, 11) is 1.69. The Morgan fingerprint density at radius 1 is 1.54 bits per heavy atom. The zero-order valence-corrected chi connectivity index (χ0v) is 8.76. The van der Waals surface area contributed by atoms with Crippen molar-refractivity contribution in [3.63, 3.8) is 0 Å². The zero-order valence-electron chi connectivity index (χ0n) is 8.76. The van der Waals surface area contributed by atoms with Gasteiger partial charge in [0.05, 0.1) is 12.3 Å². The van der Waals surface area contributed by atoms with E-state index in [1.807, 2.05) is 6.07 Å². The van der Waals surface area contributed by atoms with E-state index in [2.05, 4.69) is 25.9 Å². The lowest BCUT2D eigenvalue weighted by Gasteiger charge is -2.19. The molecule has 0 aliphatic rings. The average Bonchev–Trinajstić information content (AvgIpc) is 2.52. The summed E-state index contributed by atoms with van der Waals surface area (Å²) in [6, 6.07) is 2.00. The van der Waals surface area contributed by atoms with Crippen molar-refractivity contribution >= 4 is 0 Å². The summed E-state index contributed by atoms with van der Waals surface area (Å²) in [4.78, 5) is 0. The molecule has 0 saturated heterocycles. The van der Waals surface area contributed by atoms with Gasteiger partial charge in [0.25, 0.3) is 0 Å². The molecule has 0 aliphatic carbocycles. The highest BCUT2D eigenvalue weighted by Gasteiger charge is 2.25. The minimum atomic E-state index is -0.0881. The fraction of sp³-hybridized carbons (Fsp3) is 0.700. The molecular weight excluding hydrogens is 166 g/mol. The number of aromatic nitrogens is 1. The lowest BCUT2D eigenvalue weighted by Crippen LogP contribution is -2.22. The molecule has 13 heavy (non-hydrogen) atoms. The Morgan fingerprint density at radius 3 is 2.69 bits per heavy atom. The number of hydrogen-bond acceptors (Lipinski definition) is 3. The second kappa shape index (κ2) is 3.92. The van der Waals surface area contributed by atoms with E-state index in [0.29, 0.717) is 6.61 Å². The minimum absolute atomic E-state index is 0.0881. The molecule has 1 rings (SSSR count). The van der Waals surface area contributed by atoms with Crippen LogP contribution in [-0.2, 0) is 16.6 Å². The van der Waals surface area contributed by atoms with Gasteiger partial charge in [-0.15, -0.1) is 0 Å². The molecule has 3 nitrogen and oxygen atoms in total. The normalized spacial score (nSPS) is 12.0. The number of rotatable bonds is 4. The van der Waals surface area contributed by atoms with E-state index in [-0.39, 0.29) is 5.41 Å². The van der Waals surface area contributed by atoms with Crippen molar-refractivity contribution in [3.8, 4) is 0 Å². The predicted molar refractivity (Wildman–Crippen MR) is 50.8 cm³/mol. The van der Waals surface area contributed by atoms with Crippen molar-refractivity contribution in [2.75, 3.05) is 13.7 Å². The molecule has 1 aromatic heterocycles. The molecule has 3 heteroatoms. The van der Waals surface area contributed by atoms with E-state index in [1.54, 1.807) is 7.11 Å². The van der Waals surface area contributed by atoms with Crippen molar-refractivity contribution in [3.05, 3.63) is 17.5 Å². The van der Waals surface area contributed by atoms with Crippen LogP contribution in [0.4, 0.5) is 0 Å². The Balaban J connectivity index is 2.80. The van der Waals surface area contributed by atoms with Gasteiger partial charge >= 0.3 is 0 Å². The van der Waals surface area contributed by atoms with Crippen LogP contribution in [0.3, 0.4) is 0 Å². The second-order valence-corrected chi connectivity index (χ2v) is 3.85. The summed E-state index contributed by atoms with van der Waals surface area (Å²) in [6.45, 7) is 6.86. The first kappa shape index (κ1) is 10.3. The molecule has 0 aliphatic heterocycles. The van der Waals surface area contributed by atoms with Crippen molar-refractivity contribution in [1.29, 1.82) is 0 Å². The molecule has 0 radical (unpaired) electrons. The number of aryl methyl sites for hydroxylation is 1. The fourth-order valence-corrected chi connectivity index (χ4v) is 1.23. The predicted octanol–water partition coefficient (Wildman–Crippen LogP) is 2.16. The van der Waals surface area contributed by atoms with Gasteiger partial charge < -0.3 is 9.26 Å². The Kier molecular flexibility index (Phi) is 3.09. The number of ether oxygens (including phenoxy) is 1. The molecule has 1 aromatic rings. The molecule has 74 valence electrons. The van der Waals surface area contributed by atoms with Crippen molar-refractivity contribution in [1.82, 2.24) is 5.16 Å². The van der Waals surface area contributed by atoms with E-state index in [0.717, 1.165) is 17.9 Å². The minimum Gasteiger partial charge on any atom is -0.384 e. The third-order valence-electron chi connectivity index (χ3n) is 2.09. The first-order valence-corrected chi connectivity index (χ1v) is 4.55. The molecule has 0 aromatic carbocycles. The van der Waals surface area contributed by atoms with Crippen molar-refractivity contribution in [2.45, 2.75) is 32.6 Å². The van der Waals surface area contributed by atoms with Crippen LogP contribution in [0.15, 0.2) is 10.6 Å². The van der Waals surface area contributed by atoms with Crippen LogP contribution >= 0.6 is 0 Å². The third kappa shape index (κ3) is 2.31. The molecule has 0 N–H and O–H groups in total. The SMILES string of the molecule is CCc1cc(C(C)(C)COC)on1. The molecule has 0 saturated carbocycles. The van der Waals surface area contributed by atoms with Crippen LogP contribution in [0.25, 0.3) is 0 Å². The quantitative estimate of drug-likeness (QED) is 0.717. The highest BCUT2D eigenvalue weighted by molar-refractivity contribution is 5.14. The van der Waals surface area contributed by atoms with Crippen molar-refractivity contribution < 1.29 is 9.26 Å². The number of methoxy groups -OCH3 is 1. The second-order valence-electron chi connectivity index (χ2n) is 3.85. The van der Waals surface area contributed by atoms with E-state index in [1.165, 1.54) is 0 Å². The summed E-state index contributed by atoms with van der Waals surface area (Å²) in [5, 5.41) is 3.95. The maximum absolute atomic E-state index is 5.24. The van der Waals surface area contributed by atoms with E-state index in [9.17, 15) is 0 Å². The molecule has 0 spiro atoms. The smallest absolute Gasteiger partial charge is 0.144 e. The standard InChI is InChI=1S/C10H17NO2/c1-5-8-6-9(13-11-8)10(2,3)7-12-4/h6H,5,7H2,1-4H3. The molecular formula is C10H17NO2. The third-order valence-corrected chi connectivity index (χ3v) is 2.09. The number of hydrogen-bond donors (Lipinski definition) is 0. The summed E-state index contributed by atoms with van der Waals surface area (Å²) in [6.07, 6.45) is 0.909. The van der Waals surface area contributed by atoms with Gasteiger partial charge in [0.1, 0.15) is 5.76 Å². The largest absolute Gasteiger partial charge is 0.384 e. The highest BCUT2D eigenvalue weighted by Crippen LogP contribution is 2.23. The average molecular weight is 183 g/mol. The Morgan fingerprint density at radius 2 is 2.23 bits per heavy atom. The summed E-state index contributed by atoms with van der Waals surface area (Å²) in [5.41, 5.74) is 0.911. The maximum atomic E-state index is 5.24. The lowest BCUT2D eigenvalue weighted by atomic mass is 9.91. The molecule has 0 atom stereocenters. The van der Waals surface area contributed by atoms with Gasteiger partial charge in [-0.1, -0.05) is 25.9 Å². The van der Waals surface area contributed by atoms with Crippen LogP contribution in [0, 0.1) is 0 Å². The van der Waals surface area contributed by atoms with Gasteiger partial charge in [0.15, 0.2) is 0 Å². The molecule has 0 bridgehead atoms. The Bertz CT molecular complexity index is 266. The van der Waals surface area contributed by atoms with Gasteiger partial charge in [0.2, 0.25) is 0 Å². The van der Waals surface area contributed by atoms with Crippen LogP contribution in [-0.4, -0.2) is 18.9 Å². The maximum Gasteiger partial charge on any atom is 0.144 e. The Labute approximate surface area is 79.1 Å². The lowest BCUT2D eigenvalue weighted by molar-refractivity contribution is 0.129.